The Kier molecular flexibility index (Phi) is 8.04. The van der Waals surface area contributed by atoms with E-state index in [2.05, 4.69) is 34.7 Å². The lowest BCUT2D eigenvalue weighted by Crippen LogP contribution is -2.45. The molecule has 0 unspecified atom stereocenters. The van der Waals surface area contributed by atoms with Crippen LogP contribution in [0.3, 0.4) is 0 Å². The average Bonchev–Trinajstić information content (AvgIpc) is 3.44. The lowest BCUT2D eigenvalue weighted by molar-refractivity contribution is -0.136. The number of hydrogen-bond donors (Lipinski definition) is 2. The first-order chi connectivity index (χ1) is 14.5. The highest BCUT2D eigenvalue weighted by molar-refractivity contribution is 5.87. The van der Waals surface area contributed by atoms with Crippen LogP contribution < -0.4 is 10.6 Å². The zero-order chi connectivity index (χ0) is 21.3. The quantitative estimate of drug-likeness (QED) is 0.622. The van der Waals surface area contributed by atoms with Gasteiger partial charge in [-0.3, -0.25) is 19.0 Å². The molecule has 0 saturated heterocycles. The van der Waals surface area contributed by atoms with E-state index >= 15 is 0 Å². The number of carbonyl (C=O) groups excluding carboxylic acids is 2. The maximum Gasteiger partial charge on any atom is 0.223 e. The van der Waals surface area contributed by atoms with Crippen LogP contribution in [-0.4, -0.2) is 44.5 Å². The summed E-state index contributed by atoms with van der Waals surface area (Å²) in [5, 5.41) is 14.6. The Balaban J connectivity index is 1.45. The molecule has 1 fully saturated rings. The standard InChI is InChI=1S/C22H34N6O2/c1-17(15-27-11-5-9-25-27)13-23-21(29)19-7-3-4-8-20(19)22(30)24-14-18(2)16-28-12-6-10-26-28/h5-6,9-12,17-20H,3-4,7-8,13-16H2,1-2H3,(H,23,29)(H,24,30)/t17-,18+,19-,20-/m1/s1. The van der Waals surface area contributed by atoms with E-state index in [9.17, 15) is 9.59 Å². The molecule has 2 aromatic heterocycles. The molecule has 0 bridgehead atoms. The molecule has 2 amide bonds. The van der Waals surface area contributed by atoms with Crippen LogP contribution in [0.25, 0.3) is 0 Å². The Bertz CT molecular complexity index is 707. The van der Waals surface area contributed by atoms with E-state index in [1.54, 1.807) is 12.4 Å². The Hall–Kier alpha value is -2.64. The molecule has 0 spiro atoms. The third-order valence-corrected chi connectivity index (χ3v) is 5.80. The van der Waals surface area contributed by atoms with Crippen LogP contribution in [0.1, 0.15) is 39.5 Å². The summed E-state index contributed by atoms with van der Waals surface area (Å²) < 4.78 is 3.75. The van der Waals surface area contributed by atoms with Gasteiger partial charge in [-0.05, 0) is 36.8 Å². The highest BCUT2D eigenvalue weighted by Crippen LogP contribution is 2.30. The molecular formula is C22H34N6O2. The number of amides is 2. The van der Waals surface area contributed by atoms with Crippen molar-refractivity contribution in [2.45, 2.75) is 52.6 Å². The predicted molar refractivity (Wildman–Crippen MR) is 114 cm³/mol. The first-order valence-electron chi connectivity index (χ1n) is 11.0. The summed E-state index contributed by atoms with van der Waals surface area (Å²) in [5.41, 5.74) is 0. The van der Waals surface area contributed by atoms with Crippen molar-refractivity contribution < 1.29 is 9.59 Å². The maximum absolute atomic E-state index is 12.8. The second-order valence-corrected chi connectivity index (χ2v) is 8.65. The molecule has 164 valence electrons. The summed E-state index contributed by atoms with van der Waals surface area (Å²) in [5.74, 6) is 0.0772. The summed E-state index contributed by atoms with van der Waals surface area (Å²) >= 11 is 0. The van der Waals surface area contributed by atoms with Gasteiger partial charge in [-0.25, -0.2) is 0 Å². The second-order valence-electron chi connectivity index (χ2n) is 8.65. The summed E-state index contributed by atoms with van der Waals surface area (Å²) in [6.45, 7) is 6.88. The topological polar surface area (TPSA) is 93.8 Å². The van der Waals surface area contributed by atoms with E-state index in [1.807, 2.05) is 33.9 Å². The SMILES string of the molecule is C[C@H](CNC(=O)[C@@H]1CCCC[C@H]1C(=O)NC[C@H](C)Cn1cccn1)Cn1cccn1. The molecule has 8 heteroatoms. The average molecular weight is 415 g/mol. The number of hydrogen-bond acceptors (Lipinski definition) is 4. The van der Waals surface area contributed by atoms with Crippen molar-refractivity contribution in [3.05, 3.63) is 36.9 Å². The Morgan fingerprint density at radius 3 is 1.67 bits per heavy atom. The molecule has 1 aliphatic rings. The molecule has 0 radical (unpaired) electrons. The molecule has 1 saturated carbocycles. The van der Waals surface area contributed by atoms with Gasteiger partial charge in [0.05, 0.1) is 0 Å². The molecule has 0 aliphatic heterocycles. The van der Waals surface area contributed by atoms with Crippen molar-refractivity contribution in [3.63, 3.8) is 0 Å². The Labute approximate surface area is 178 Å². The van der Waals surface area contributed by atoms with E-state index in [4.69, 9.17) is 0 Å². The van der Waals surface area contributed by atoms with Crippen molar-refractivity contribution in [3.8, 4) is 0 Å². The van der Waals surface area contributed by atoms with Crippen molar-refractivity contribution >= 4 is 11.8 Å². The van der Waals surface area contributed by atoms with Gasteiger partial charge in [0.1, 0.15) is 0 Å². The van der Waals surface area contributed by atoms with Crippen molar-refractivity contribution in [1.29, 1.82) is 0 Å². The maximum atomic E-state index is 12.8. The molecular weight excluding hydrogens is 380 g/mol. The van der Waals surface area contributed by atoms with E-state index in [1.165, 1.54) is 0 Å². The molecule has 2 N–H and O–H groups in total. The molecule has 2 aromatic rings. The fourth-order valence-corrected chi connectivity index (χ4v) is 4.15. The van der Waals surface area contributed by atoms with Crippen LogP contribution in [0.2, 0.25) is 0 Å². The number of nitrogens with one attached hydrogen (secondary N) is 2. The van der Waals surface area contributed by atoms with Gasteiger partial charge in [-0.1, -0.05) is 26.7 Å². The van der Waals surface area contributed by atoms with Gasteiger partial charge in [0, 0.05) is 62.8 Å². The Morgan fingerprint density at radius 1 is 0.867 bits per heavy atom. The highest BCUT2D eigenvalue weighted by atomic mass is 16.2. The van der Waals surface area contributed by atoms with E-state index < -0.39 is 0 Å². The third kappa shape index (κ3) is 6.43. The third-order valence-electron chi connectivity index (χ3n) is 5.80. The largest absolute Gasteiger partial charge is 0.356 e. The van der Waals surface area contributed by atoms with Crippen LogP contribution in [0, 0.1) is 23.7 Å². The Morgan fingerprint density at radius 2 is 1.30 bits per heavy atom. The molecule has 1 aliphatic carbocycles. The predicted octanol–water partition coefficient (Wildman–Crippen LogP) is 2.09. The van der Waals surface area contributed by atoms with Crippen molar-refractivity contribution in [2.24, 2.45) is 23.7 Å². The molecule has 30 heavy (non-hydrogen) atoms. The normalized spacial score (nSPS) is 21.0. The van der Waals surface area contributed by atoms with E-state index in [-0.39, 0.29) is 35.5 Å². The van der Waals surface area contributed by atoms with Crippen molar-refractivity contribution in [2.75, 3.05) is 13.1 Å². The molecule has 0 aromatic carbocycles. The van der Waals surface area contributed by atoms with Crippen LogP contribution in [0.15, 0.2) is 36.9 Å². The number of carbonyl (C=O) groups is 2. The summed E-state index contributed by atoms with van der Waals surface area (Å²) in [7, 11) is 0. The zero-order valence-electron chi connectivity index (χ0n) is 18.0. The number of nitrogens with zero attached hydrogens (tertiary/aromatic N) is 4. The monoisotopic (exact) mass is 414 g/mol. The van der Waals surface area contributed by atoms with Gasteiger partial charge < -0.3 is 10.6 Å². The van der Waals surface area contributed by atoms with E-state index in [0.29, 0.717) is 13.1 Å². The van der Waals surface area contributed by atoms with Crippen LogP contribution in [-0.2, 0) is 22.7 Å². The zero-order valence-corrected chi connectivity index (χ0v) is 18.0. The van der Waals surface area contributed by atoms with Crippen LogP contribution in [0.4, 0.5) is 0 Å². The number of rotatable bonds is 10. The van der Waals surface area contributed by atoms with Gasteiger partial charge in [-0.2, -0.15) is 10.2 Å². The minimum atomic E-state index is -0.239. The van der Waals surface area contributed by atoms with Gasteiger partial charge in [0.2, 0.25) is 11.8 Å². The summed E-state index contributed by atoms with van der Waals surface area (Å²) in [6.07, 6.45) is 10.9. The van der Waals surface area contributed by atoms with Crippen molar-refractivity contribution in [1.82, 2.24) is 30.2 Å². The number of aromatic nitrogens is 4. The fourth-order valence-electron chi connectivity index (χ4n) is 4.15. The first-order valence-corrected chi connectivity index (χ1v) is 11.0. The van der Waals surface area contributed by atoms with E-state index in [0.717, 1.165) is 38.8 Å². The lowest BCUT2D eigenvalue weighted by atomic mass is 9.78. The van der Waals surface area contributed by atoms with Gasteiger partial charge in [0.15, 0.2) is 0 Å². The van der Waals surface area contributed by atoms with Crippen LogP contribution >= 0.6 is 0 Å². The van der Waals surface area contributed by atoms with Gasteiger partial charge in [-0.15, -0.1) is 0 Å². The smallest absolute Gasteiger partial charge is 0.223 e. The molecule has 8 nitrogen and oxygen atoms in total. The summed E-state index contributed by atoms with van der Waals surface area (Å²) in [6, 6.07) is 3.79. The summed E-state index contributed by atoms with van der Waals surface area (Å²) in [4.78, 5) is 25.7. The molecule has 2 heterocycles. The fraction of sp³-hybridized carbons (Fsp3) is 0.636. The minimum absolute atomic E-state index is 0.00625. The highest BCUT2D eigenvalue weighted by Gasteiger charge is 2.35. The second kappa shape index (κ2) is 10.9. The minimum Gasteiger partial charge on any atom is -0.356 e. The van der Waals surface area contributed by atoms with Crippen LogP contribution in [0.5, 0.6) is 0 Å². The first kappa shape index (κ1) is 22.1. The molecule has 4 atom stereocenters. The van der Waals surface area contributed by atoms with Gasteiger partial charge >= 0.3 is 0 Å². The molecule has 3 rings (SSSR count). The lowest BCUT2D eigenvalue weighted by Gasteiger charge is -2.30. The van der Waals surface area contributed by atoms with Gasteiger partial charge in [0.25, 0.3) is 0 Å².